The molecular formula is C12H16O3. The molecule has 1 N–H and O–H groups in total. The molecule has 0 saturated heterocycles. The van der Waals surface area contributed by atoms with Crippen LogP contribution in [0, 0.1) is 5.92 Å². The first kappa shape index (κ1) is 11.7. The Morgan fingerprint density at radius 3 is 2.93 bits per heavy atom. The molecule has 0 heterocycles. The summed E-state index contributed by atoms with van der Waals surface area (Å²) < 4.78 is 0. The molecule has 0 unspecified atom stereocenters. The highest BCUT2D eigenvalue weighted by Crippen LogP contribution is 2.18. The van der Waals surface area contributed by atoms with Crippen LogP contribution in [0.15, 0.2) is 24.3 Å². The second kappa shape index (κ2) is 6.17. The van der Waals surface area contributed by atoms with Gasteiger partial charge in [-0.3, -0.25) is 9.59 Å². The van der Waals surface area contributed by atoms with Crippen LogP contribution in [0.4, 0.5) is 0 Å². The zero-order valence-electron chi connectivity index (χ0n) is 8.69. The molecule has 82 valence electrons. The number of carbonyl (C=O) groups excluding carboxylic acids is 1. The number of carbonyl (C=O) groups is 2. The molecule has 0 aromatic heterocycles. The van der Waals surface area contributed by atoms with Gasteiger partial charge in [0.15, 0.2) is 5.78 Å². The number of hydrogen-bond acceptors (Lipinski definition) is 2. The van der Waals surface area contributed by atoms with Crippen LogP contribution in [0.1, 0.15) is 32.1 Å². The van der Waals surface area contributed by atoms with Crippen molar-refractivity contribution >= 4 is 11.8 Å². The van der Waals surface area contributed by atoms with Gasteiger partial charge in [0, 0.05) is 12.8 Å². The van der Waals surface area contributed by atoms with Gasteiger partial charge in [0.2, 0.25) is 0 Å². The number of aliphatic carboxylic acids is 1. The molecule has 3 heteroatoms. The topological polar surface area (TPSA) is 54.4 Å². The molecule has 3 nitrogen and oxygen atoms in total. The Morgan fingerprint density at radius 2 is 2.33 bits per heavy atom. The molecular weight excluding hydrogens is 192 g/mol. The van der Waals surface area contributed by atoms with E-state index in [4.69, 9.17) is 5.11 Å². The van der Waals surface area contributed by atoms with Crippen molar-refractivity contribution in [2.24, 2.45) is 5.92 Å². The Bertz CT molecular complexity index is 289. The predicted octanol–water partition coefficient (Wildman–Crippen LogP) is 2.33. The quantitative estimate of drug-likeness (QED) is 0.538. The zero-order valence-corrected chi connectivity index (χ0v) is 8.69. The van der Waals surface area contributed by atoms with Gasteiger partial charge in [-0.05, 0) is 31.3 Å². The molecule has 0 spiro atoms. The molecule has 15 heavy (non-hydrogen) atoms. The standard InChI is InChI=1S/C12H16O3/c13-11-8-7-10(9-11)5-3-1-2-4-6-12(14)15/h1,3,7-8,10H,2,4-6,9H2,(H,14,15)/b3-1-/t10-/m0/s1. The summed E-state index contributed by atoms with van der Waals surface area (Å²) in [6.07, 6.45) is 10.9. The van der Waals surface area contributed by atoms with Gasteiger partial charge in [-0.15, -0.1) is 0 Å². The summed E-state index contributed by atoms with van der Waals surface area (Å²) in [7, 11) is 0. The van der Waals surface area contributed by atoms with E-state index in [0.29, 0.717) is 18.8 Å². The number of unbranched alkanes of at least 4 members (excludes halogenated alkanes) is 1. The average molecular weight is 208 g/mol. The second-order valence-electron chi connectivity index (χ2n) is 3.78. The minimum Gasteiger partial charge on any atom is -0.481 e. The van der Waals surface area contributed by atoms with E-state index in [9.17, 15) is 9.59 Å². The average Bonchev–Trinajstić information content (AvgIpc) is 2.57. The largest absolute Gasteiger partial charge is 0.481 e. The van der Waals surface area contributed by atoms with Crippen molar-refractivity contribution in [2.75, 3.05) is 0 Å². The number of carboxylic acid groups (broad SMARTS) is 1. The minimum atomic E-state index is -0.743. The zero-order chi connectivity index (χ0) is 11.1. The predicted molar refractivity (Wildman–Crippen MR) is 57.5 cm³/mol. The highest BCUT2D eigenvalue weighted by atomic mass is 16.4. The summed E-state index contributed by atoms with van der Waals surface area (Å²) in [6.45, 7) is 0. The maximum Gasteiger partial charge on any atom is 0.303 e. The summed E-state index contributed by atoms with van der Waals surface area (Å²) in [5.41, 5.74) is 0. The third-order valence-electron chi connectivity index (χ3n) is 2.38. The van der Waals surface area contributed by atoms with Crippen LogP contribution in [0.3, 0.4) is 0 Å². The summed E-state index contributed by atoms with van der Waals surface area (Å²) in [4.78, 5) is 21.1. The smallest absolute Gasteiger partial charge is 0.303 e. The van der Waals surface area contributed by atoms with E-state index < -0.39 is 5.97 Å². The highest BCUT2D eigenvalue weighted by molar-refractivity contribution is 5.92. The van der Waals surface area contributed by atoms with Gasteiger partial charge in [-0.1, -0.05) is 18.2 Å². The van der Waals surface area contributed by atoms with Crippen LogP contribution in [0.5, 0.6) is 0 Å². The first-order valence-electron chi connectivity index (χ1n) is 5.26. The van der Waals surface area contributed by atoms with Crippen LogP contribution >= 0.6 is 0 Å². The van der Waals surface area contributed by atoms with Crippen LogP contribution in [0.2, 0.25) is 0 Å². The number of ketones is 1. The van der Waals surface area contributed by atoms with Gasteiger partial charge < -0.3 is 5.11 Å². The fourth-order valence-corrected chi connectivity index (χ4v) is 1.56. The van der Waals surface area contributed by atoms with Gasteiger partial charge >= 0.3 is 5.97 Å². The molecule has 0 amide bonds. The molecule has 0 aliphatic heterocycles. The third kappa shape index (κ3) is 5.15. The van der Waals surface area contributed by atoms with E-state index in [1.54, 1.807) is 6.08 Å². The van der Waals surface area contributed by atoms with Gasteiger partial charge in [0.05, 0.1) is 0 Å². The number of allylic oxidation sites excluding steroid dienone is 4. The van der Waals surface area contributed by atoms with Gasteiger partial charge in [-0.2, -0.15) is 0 Å². The van der Waals surface area contributed by atoms with Crippen molar-refractivity contribution in [3.8, 4) is 0 Å². The van der Waals surface area contributed by atoms with E-state index in [-0.39, 0.29) is 12.2 Å². The molecule has 0 fully saturated rings. The maximum absolute atomic E-state index is 10.9. The van der Waals surface area contributed by atoms with E-state index >= 15 is 0 Å². The Labute approximate surface area is 89.5 Å². The highest BCUT2D eigenvalue weighted by Gasteiger charge is 2.13. The molecule has 1 rings (SSSR count). The Hall–Kier alpha value is -1.38. The van der Waals surface area contributed by atoms with Crippen molar-refractivity contribution in [3.05, 3.63) is 24.3 Å². The third-order valence-corrected chi connectivity index (χ3v) is 2.38. The molecule has 1 atom stereocenters. The molecule has 1 aliphatic rings. The molecule has 0 aromatic carbocycles. The van der Waals surface area contributed by atoms with Crippen LogP contribution in [-0.2, 0) is 9.59 Å². The molecule has 0 radical (unpaired) electrons. The van der Waals surface area contributed by atoms with E-state index in [1.165, 1.54) is 0 Å². The molecule has 0 bridgehead atoms. The van der Waals surface area contributed by atoms with Crippen molar-refractivity contribution in [3.63, 3.8) is 0 Å². The number of rotatable bonds is 6. The van der Waals surface area contributed by atoms with E-state index in [0.717, 1.165) is 12.8 Å². The van der Waals surface area contributed by atoms with Crippen LogP contribution in [0.25, 0.3) is 0 Å². The lowest BCUT2D eigenvalue weighted by Gasteiger charge is -2.00. The van der Waals surface area contributed by atoms with Crippen molar-refractivity contribution in [1.82, 2.24) is 0 Å². The van der Waals surface area contributed by atoms with Crippen LogP contribution in [-0.4, -0.2) is 16.9 Å². The fourth-order valence-electron chi connectivity index (χ4n) is 1.56. The molecule has 0 aromatic rings. The summed E-state index contributed by atoms with van der Waals surface area (Å²) in [6, 6.07) is 0. The normalized spacial score (nSPS) is 20.3. The Kier molecular flexibility index (Phi) is 4.81. The Morgan fingerprint density at radius 1 is 1.53 bits per heavy atom. The van der Waals surface area contributed by atoms with E-state index in [2.05, 4.69) is 0 Å². The van der Waals surface area contributed by atoms with E-state index in [1.807, 2.05) is 18.2 Å². The van der Waals surface area contributed by atoms with Crippen molar-refractivity contribution in [2.45, 2.75) is 32.1 Å². The molecule has 0 saturated carbocycles. The second-order valence-corrected chi connectivity index (χ2v) is 3.78. The SMILES string of the molecule is O=C(O)CCC/C=C\C[C@H]1C=CC(=O)C1. The summed E-state index contributed by atoms with van der Waals surface area (Å²) in [5, 5.41) is 8.40. The lowest BCUT2D eigenvalue weighted by atomic mass is 10.0. The molecule has 1 aliphatic carbocycles. The number of hydrogen-bond donors (Lipinski definition) is 1. The van der Waals surface area contributed by atoms with Crippen molar-refractivity contribution in [1.29, 1.82) is 0 Å². The monoisotopic (exact) mass is 208 g/mol. The first-order chi connectivity index (χ1) is 7.18. The maximum atomic E-state index is 10.9. The summed E-state index contributed by atoms with van der Waals surface area (Å²) >= 11 is 0. The fraction of sp³-hybridized carbons (Fsp3) is 0.500. The lowest BCUT2D eigenvalue weighted by molar-refractivity contribution is -0.137. The van der Waals surface area contributed by atoms with Crippen LogP contribution < -0.4 is 0 Å². The Balaban J connectivity index is 2.04. The lowest BCUT2D eigenvalue weighted by Crippen LogP contribution is -1.94. The van der Waals surface area contributed by atoms with Gasteiger partial charge in [0.25, 0.3) is 0 Å². The minimum absolute atomic E-state index is 0.208. The number of carboxylic acids is 1. The van der Waals surface area contributed by atoms with Crippen molar-refractivity contribution < 1.29 is 14.7 Å². The summed E-state index contributed by atoms with van der Waals surface area (Å²) in [5.74, 6) is -0.180. The van der Waals surface area contributed by atoms with Gasteiger partial charge in [0.1, 0.15) is 0 Å². The first-order valence-corrected chi connectivity index (χ1v) is 5.26. The van der Waals surface area contributed by atoms with Gasteiger partial charge in [-0.25, -0.2) is 0 Å².